The maximum Gasteiger partial charge on any atom is 1.00 e. The summed E-state index contributed by atoms with van der Waals surface area (Å²) in [7, 11) is -9.79. The van der Waals surface area contributed by atoms with E-state index in [9.17, 15) is 46.1 Å². The molecule has 2 N–H and O–H groups in total. The first-order chi connectivity index (χ1) is 20.3. The van der Waals surface area contributed by atoms with Gasteiger partial charge in [0.2, 0.25) is 0 Å². The van der Waals surface area contributed by atoms with Crippen LogP contribution in [0.25, 0.3) is 21.5 Å². The standard InChI is InChI=1S/C27H18N4O10S2.3Na/c32-25-18-8-4-3-7-17(18)23(42(36,37)38)13-22(25)31-30-21-10-9-20(15-5-1-2-6-16(15)21)29-28-14-11-19(27(34)35)26(33)24(12-14)43(39,40)41;;;/h1-13,32-33H,(H,34,35)(H,36,37,38)(H,39,40,41);;;/q;3*+1/p-3. The number of carboxylic acids is 1. The second-order valence-corrected chi connectivity index (χ2v) is 11.7. The van der Waals surface area contributed by atoms with Crippen molar-refractivity contribution >= 4 is 70.5 Å². The van der Waals surface area contributed by atoms with Crippen molar-refractivity contribution < 1.29 is 135 Å². The van der Waals surface area contributed by atoms with Crippen molar-refractivity contribution in [3.8, 4) is 11.5 Å². The topological polar surface area (TPSA) is 244 Å². The van der Waals surface area contributed by atoms with Gasteiger partial charge in [-0.3, -0.25) is 9.11 Å². The van der Waals surface area contributed by atoms with Crippen LogP contribution in [0, 0.1) is 0 Å². The molecule has 0 aliphatic carbocycles. The summed E-state index contributed by atoms with van der Waals surface area (Å²) >= 11 is 0. The summed E-state index contributed by atoms with van der Waals surface area (Å²) in [5.41, 5.74) is -1.37. The van der Waals surface area contributed by atoms with E-state index >= 15 is 0 Å². The Hall–Kier alpha value is -2.29. The third-order valence-electron chi connectivity index (χ3n) is 6.17. The first-order valence-corrected chi connectivity index (χ1v) is 14.7. The van der Waals surface area contributed by atoms with E-state index in [2.05, 4.69) is 20.5 Å². The van der Waals surface area contributed by atoms with E-state index in [-0.39, 0.29) is 122 Å². The number of hydrogen-bond acceptors (Lipinski definition) is 12. The fourth-order valence-corrected chi connectivity index (χ4v) is 5.57. The third-order valence-corrected chi connectivity index (χ3v) is 7.92. The van der Waals surface area contributed by atoms with E-state index in [1.54, 1.807) is 24.3 Å². The molecule has 0 saturated heterocycles. The van der Waals surface area contributed by atoms with Gasteiger partial charge < -0.3 is 20.1 Å². The maximum absolute atomic E-state index is 13.0. The van der Waals surface area contributed by atoms with Gasteiger partial charge in [0.05, 0.1) is 33.6 Å². The van der Waals surface area contributed by atoms with Gasteiger partial charge >= 0.3 is 88.7 Å². The monoisotopic (exact) mass is 688 g/mol. The van der Waals surface area contributed by atoms with Gasteiger partial charge in [0.25, 0.3) is 20.2 Å². The number of hydrogen-bond donors (Lipinski definition) is 2. The number of carbonyl (C=O) groups is 1. The Bertz CT molecular complexity index is 2270. The molecule has 0 amide bonds. The van der Waals surface area contributed by atoms with E-state index in [1.165, 1.54) is 36.4 Å². The summed E-state index contributed by atoms with van der Waals surface area (Å²) in [4.78, 5) is 9.59. The second-order valence-electron chi connectivity index (χ2n) is 8.88. The molecule has 19 heteroatoms. The van der Waals surface area contributed by atoms with E-state index < -0.39 is 53.1 Å². The molecule has 46 heavy (non-hydrogen) atoms. The van der Waals surface area contributed by atoms with Gasteiger partial charge in [0, 0.05) is 16.2 Å². The number of aromatic carboxylic acids is 1. The van der Waals surface area contributed by atoms with Crippen LogP contribution in [0.2, 0.25) is 0 Å². The van der Waals surface area contributed by atoms with Gasteiger partial charge in [-0.2, -0.15) is 27.1 Å². The van der Waals surface area contributed by atoms with Crippen molar-refractivity contribution in [3.63, 3.8) is 0 Å². The van der Waals surface area contributed by atoms with Crippen LogP contribution < -0.4 is 104 Å². The quantitative estimate of drug-likeness (QED) is 0.0935. The summed E-state index contributed by atoms with van der Waals surface area (Å²) in [6.45, 7) is 0. The summed E-state index contributed by atoms with van der Waals surface area (Å²) in [6, 6.07) is 17.5. The van der Waals surface area contributed by atoms with Crippen molar-refractivity contribution in [2.75, 3.05) is 0 Å². The number of fused-ring (bicyclic) bond motifs is 2. The van der Waals surface area contributed by atoms with Crippen LogP contribution in [-0.4, -0.2) is 31.9 Å². The van der Waals surface area contributed by atoms with Crippen LogP contribution in [0.15, 0.2) is 109 Å². The number of carboxylic acid groups (broad SMARTS) is 1. The average Bonchev–Trinajstić information content (AvgIpc) is 2.95. The predicted octanol–water partition coefficient (Wildman–Crippen LogP) is -5.16. The molecule has 14 nitrogen and oxygen atoms in total. The molecule has 0 aromatic heterocycles. The van der Waals surface area contributed by atoms with Crippen molar-refractivity contribution in [2.45, 2.75) is 9.79 Å². The minimum Gasteiger partial charge on any atom is -0.871 e. The molecule has 5 aromatic rings. The van der Waals surface area contributed by atoms with E-state index in [1.807, 2.05) is 0 Å². The first-order valence-electron chi connectivity index (χ1n) is 11.8. The largest absolute Gasteiger partial charge is 1.00 e. The zero-order chi connectivity index (χ0) is 31.1. The molecule has 0 unspecified atom stereocenters. The van der Waals surface area contributed by atoms with Gasteiger partial charge in [-0.15, -0.1) is 10.2 Å². The minimum atomic E-state index is -5.09. The molecule has 0 spiro atoms. The van der Waals surface area contributed by atoms with Gasteiger partial charge in [-0.25, -0.2) is 0 Å². The fraction of sp³-hybridized carbons (Fsp3) is 0. The zero-order valence-electron chi connectivity index (χ0n) is 24.3. The molecule has 5 rings (SSSR count). The first kappa shape index (κ1) is 39.9. The maximum atomic E-state index is 13.0. The Kier molecular flexibility index (Phi) is 13.6. The van der Waals surface area contributed by atoms with Crippen molar-refractivity contribution in [3.05, 3.63) is 84.4 Å². The van der Waals surface area contributed by atoms with E-state index in [0.29, 0.717) is 16.8 Å². The summed E-state index contributed by atoms with van der Waals surface area (Å²) in [5.74, 6) is -4.08. The Balaban J connectivity index is 0.00000245. The number of benzene rings is 5. The summed E-state index contributed by atoms with van der Waals surface area (Å²) in [5, 5.41) is 53.2. The smallest absolute Gasteiger partial charge is 0.871 e. The Morgan fingerprint density at radius 3 is 1.52 bits per heavy atom. The molecule has 0 aliphatic rings. The SMILES string of the molecule is O=C([O-])c1cc(N=Nc2ccc(N=Nc3cc(S(=O)(=O)O)c4ccccc4c3[O-])c3ccccc23)cc(S(=O)(=O)O)c1[O-].[Na+].[Na+].[Na+]. The predicted molar refractivity (Wildman–Crippen MR) is 146 cm³/mol. The van der Waals surface area contributed by atoms with Crippen LogP contribution >= 0.6 is 0 Å². The summed E-state index contributed by atoms with van der Waals surface area (Å²) < 4.78 is 66.1. The van der Waals surface area contributed by atoms with Gasteiger partial charge in [-0.05, 0) is 41.3 Å². The van der Waals surface area contributed by atoms with Gasteiger partial charge in [0.15, 0.2) is 0 Å². The van der Waals surface area contributed by atoms with Gasteiger partial charge in [-0.1, -0.05) is 60.0 Å². The molecule has 0 saturated carbocycles. The molecule has 5 aromatic carbocycles. The van der Waals surface area contributed by atoms with Gasteiger partial charge in [0.1, 0.15) is 4.90 Å². The molecule has 0 radical (unpaired) electrons. The molecular weight excluding hydrogens is 673 g/mol. The van der Waals surface area contributed by atoms with Crippen molar-refractivity contribution in [1.82, 2.24) is 0 Å². The second kappa shape index (κ2) is 15.7. The number of nitrogens with zero attached hydrogens (tertiary/aromatic N) is 4. The normalized spacial score (nSPS) is 11.7. The summed E-state index contributed by atoms with van der Waals surface area (Å²) in [6.07, 6.45) is 0. The number of rotatable bonds is 7. The molecule has 0 fully saturated rings. The van der Waals surface area contributed by atoms with Crippen LogP contribution in [0.1, 0.15) is 10.4 Å². The van der Waals surface area contributed by atoms with E-state index in [0.717, 1.165) is 12.1 Å². The average molecular weight is 689 g/mol. The number of azo groups is 2. The Morgan fingerprint density at radius 2 is 1.02 bits per heavy atom. The zero-order valence-corrected chi connectivity index (χ0v) is 31.9. The molecule has 0 aliphatic heterocycles. The van der Waals surface area contributed by atoms with Crippen molar-refractivity contribution in [2.24, 2.45) is 20.5 Å². The van der Waals surface area contributed by atoms with Crippen LogP contribution in [0.4, 0.5) is 22.7 Å². The molecule has 0 atom stereocenters. The Labute approximate surface area is 327 Å². The molecular formula is C27H15N4Na3O10S2. The van der Waals surface area contributed by atoms with Crippen LogP contribution in [0.3, 0.4) is 0 Å². The van der Waals surface area contributed by atoms with E-state index in [4.69, 9.17) is 0 Å². The fourth-order valence-electron chi connectivity index (χ4n) is 4.24. The Morgan fingerprint density at radius 1 is 0.565 bits per heavy atom. The number of carbonyl (C=O) groups excluding carboxylic acids is 1. The molecule has 0 bridgehead atoms. The molecule has 218 valence electrons. The third kappa shape index (κ3) is 8.40. The van der Waals surface area contributed by atoms with Crippen molar-refractivity contribution in [1.29, 1.82) is 0 Å². The van der Waals surface area contributed by atoms with Crippen LogP contribution in [-0.2, 0) is 20.2 Å². The van der Waals surface area contributed by atoms with Crippen LogP contribution in [0.5, 0.6) is 11.5 Å². The molecule has 0 heterocycles. The minimum absolute atomic E-state index is 0.